The lowest BCUT2D eigenvalue weighted by molar-refractivity contribution is -0.169. The van der Waals surface area contributed by atoms with E-state index in [-0.39, 0.29) is 18.2 Å². The number of thioether (sulfide) groups is 1. The molecule has 0 amide bonds. The summed E-state index contributed by atoms with van der Waals surface area (Å²) in [6.45, 7) is 1.61. The number of hydrogen-bond acceptors (Lipinski definition) is 11. The predicted octanol–water partition coefficient (Wildman–Crippen LogP) is 1.19. The highest BCUT2D eigenvalue weighted by atomic mass is 32.2. The van der Waals surface area contributed by atoms with Crippen molar-refractivity contribution in [2.75, 3.05) is 19.5 Å². The fourth-order valence-electron chi connectivity index (χ4n) is 2.35. The Hall–Kier alpha value is -3.19. The zero-order chi connectivity index (χ0) is 24.0. The van der Waals surface area contributed by atoms with E-state index in [1.165, 1.54) is 37.9 Å². The van der Waals surface area contributed by atoms with Crippen LogP contribution in [0.15, 0.2) is 45.5 Å². The number of nitrogen functional groups attached to an aromatic ring is 1. The zero-order valence-electron chi connectivity index (χ0n) is 17.3. The highest BCUT2D eigenvalue weighted by Crippen LogP contribution is 2.30. The van der Waals surface area contributed by atoms with E-state index < -0.39 is 42.9 Å². The average Bonchev–Trinajstić information content (AvgIpc) is 3.27. The third kappa shape index (κ3) is 6.65. The summed E-state index contributed by atoms with van der Waals surface area (Å²) in [4.78, 5) is 41.9. The number of hydrogen-bond donors (Lipinski definition) is 2. The molecule has 2 heterocycles. The first-order valence-electron chi connectivity index (χ1n) is 9.26. The number of carbonyl (C=O) groups is 1. The number of methoxy groups -OCH3 is 1. The van der Waals surface area contributed by atoms with Crippen LogP contribution in [-0.4, -0.2) is 40.7 Å². The molecule has 0 saturated carbocycles. The second kappa shape index (κ2) is 11.1. The van der Waals surface area contributed by atoms with E-state index in [4.69, 9.17) is 19.7 Å². The molecule has 0 bridgehead atoms. The molecule has 0 aliphatic carbocycles. The molecule has 0 spiro atoms. The van der Waals surface area contributed by atoms with Crippen LogP contribution in [0.3, 0.4) is 0 Å². The number of benzene rings is 1. The van der Waals surface area contributed by atoms with Gasteiger partial charge in [0.15, 0.2) is 22.8 Å². The summed E-state index contributed by atoms with van der Waals surface area (Å²) in [6.07, 6.45) is 0.905. The largest absolute Gasteiger partial charge is 0.574 e. The molecule has 2 aromatic rings. The molecule has 15 heteroatoms. The molecule has 3 rings (SSSR count). The molecule has 1 aliphatic rings. The van der Waals surface area contributed by atoms with E-state index in [9.17, 15) is 18.9 Å². The molecule has 3 N–H and O–H groups in total. The van der Waals surface area contributed by atoms with Gasteiger partial charge in [-0.05, 0) is 31.2 Å². The minimum atomic E-state index is -2.46. The van der Waals surface area contributed by atoms with Gasteiger partial charge in [-0.25, -0.2) is 13.8 Å². The van der Waals surface area contributed by atoms with Crippen LogP contribution in [0.4, 0.5) is 10.2 Å². The molecule has 1 aromatic heterocycles. The van der Waals surface area contributed by atoms with E-state index in [0.29, 0.717) is 5.75 Å². The summed E-state index contributed by atoms with van der Waals surface area (Å²) in [5.41, 5.74) is 6.40. The van der Waals surface area contributed by atoms with Crippen LogP contribution in [0.5, 0.6) is 11.5 Å². The molecule has 1 unspecified atom stereocenters. The van der Waals surface area contributed by atoms with Gasteiger partial charge in [0.05, 0.1) is 13.3 Å². The van der Waals surface area contributed by atoms with Crippen LogP contribution in [0, 0.1) is 5.82 Å². The predicted molar refractivity (Wildman–Crippen MR) is 116 cm³/mol. The Morgan fingerprint density at radius 3 is 2.85 bits per heavy atom. The van der Waals surface area contributed by atoms with Gasteiger partial charge in [-0.1, -0.05) is 11.8 Å². The Bertz CT molecular complexity index is 1130. The first-order chi connectivity index (χ1) is 15.8. The van der Waals surface area contributed by atoms with Crippen LogP contribution >= 0.6 is 19.9 Å². The summed E-state index contributed by atoms with van der Waals surface area (Å²) >= 11 is 1.24. The van der Waals surface area contributed by atoms with Crippen molar-refractivity contribution < 1.29 is 32.8 Å². The van der Waals surface area contributed by atoms with Crippen molar-refractivity contribution in [2.24, 2.45) is 4.85 Å². The number of rotatable bonds is 9. The molecular weight excluding hydrogens is 480 g/mol. The van der Waals surface area contributed by atoms with Crippen LogP contribution in [0.2, 0.25) is 0 Å². The van der Waals surface area contributed by atoms with E-state index in [0.717, 1.165) is 10.8 Å². The van der Waals surface area contributed by atoms with E-state index in [1.54, 1.807) is 17.5 Å². The highest BCUT2D eigenvalue weighted by Gasteiger charge is 2.23. The van der Waals surface area contributed by atoms with E-state index in [1.807, 2.05) is 0 Å². The van der Waals surface area contributed by atoms with Gasteiger partial charge in [-0.3, -0.25) is 9.32 Å². The van der Waals surface area contributed by atoms with Crippen LogP contribution in [0.1, 0.15) is 6.92 Å². The number of anilines is 1. The van der Waals surface area contributed by atoms with Gasteiger partial charge in [0, 0.05) is 10.3 Å². The molecule has 0 saturated heterocycles. The summed E-state index contributed by atoms with van der Waals surface area (Å²) < 4.78 is 35.4. The van der Waals surface area contributed by atoms with E-state index >= 15 is 0 Å². The van der Waals surface area contributed by atoms with Crippen molar-refractivity contribution in [2.45, 2.75) is 18.4 Å². The Balaban J connectivity index is 1.48. The van der Waals surface area contributed by atoms with Gasteiger partial charge in [-0.15, -0.1) is 0 Å². The fraction of sp³-hybridized carbons (Fsp3) is 0.278. The first-order valence-corrected chi connectivity index (χ1v) is 11.3. The van der Waals surface area contributed by atoms with Crippen molar-refractivity contribution >= 4 is 37.6 Å². The lowest BCUT2D eigenvalue weighted by atomic mass is 10.3. The number of aromatic nitrogens is 2. The molecular formula is C18H19FN5O7PS. The standard InChI is InChI=1S/C18H19FN5O7PS/c1-10(17(25)28-2)22-23-32(27)31-12-5-3-11(4-6-12)29-8-15-30-14(9-33-15)24-7-13(19)16(20)21-18(24)26/h3-7,9-10,15,22H,8H2,1-2H3,(H2,20,21,26)/t10-,15-/m0/s1. The molecule has 1 aliphatic heterocycles. The molecule has 12 nitrogen and oxygen atoms in total. The maximum atomic E-state index is 13.6. The molecule has 33 heavy (non-hydrogen) atoms. The number of nitrogens with one attached hydrogen (secondary N) is 1. The van der Waals surface area contributed by atoms with Crippen molar-refractivity contribution in [3.63, 3.8) is 0 Å². The monoisotopic (exact) mass is 499 g/mol. The molecule has 176 valence electrons. The Morgan fingerprint density at radius 2 is 2.15 bits per heavy atom. The smallest absolute Gasteiger partial charge is 0.412 e. The number of nitrogens with zero attached hydrogens (tertiary/aromatic N) is 3. The van der Waals surface area contributed by atoms with Crippen molar-refractivity contribution in [3.8, 4) is 11.5 Å². The highest BCUT2D eigenvalue weighted by molar-refractivity contribution is 8.03. The van der Waals surface area contributed by atoms with Crippen molar-refractivity contribution in [3.05, 3.63) is 52.2 Å². The lowest BCUT2D eigenvalue weighted by Gasteiger charge is -2.14. The number of ether oxygens (including phenoxy) is 3. The number of nitrogens with two attached hydrogens (primary N) is 1. The number of halogens is 1. The van der Waals surface area contributed by atoms with Crippen molar-refractivity contribution in [1.82, 2.24) is 15.0 Å². The SMILES string of the molecule is COC(=O)[C@H](C)N/N=[P+](\[O-])Oc1ccc(OC[C@H]2OC(n3cc(F)c(N)nc3=O)=CS2)cc1. The van der Waals surface area contributed by atoms with Gasteiger partial charge >= 0.3 is 19.8 Å². The normalized spacial score (nSPS) is 16.5. The fourth-order valence-corrected chi connectivity index (χ4v) is 3.70. The Morgan fingerprint density at radius 1 is 1.45 bits per heavy atom. The number of esters is 1. The van der Waals surface area contributed by atoms with Crippen LogP contribution < -0.4 is 31.0 Å². The van der Waals surface area contributed by atoms with Crippen LogP contribution in [-0.2, 0) is 14.3 Å². The van der Waals surface area contributed by atoms with Gasteiger partial charge < -0.3 is 24.8 Å². The molecule has 0 radical (unpaired) electrons. The third-order valence-electron chi connectivity index (χ3n) is 4.00. The molecule has 0 fully saturated rings. The summed E-state index contributed by atoms with van der Waals surface area (Å²) in [5.74, 6) is -1.03. The summed E-state index contributed by atoms with van der Waals surface area (Å²) in [6, 6.07) is 5.45. The lowest BCUT2D eigenvalue weighted by Crippen LogP contribution is -2.31. The molecule has 3 atom stereocenters. The Kier molecular flexibility index (Phi) is 8.22. The van der Waals surface area contributed by atoms with Gasteiger partial charge in [-0.2, -0.15) is 10.4 Å². The second-order valence-corrected chi connectivity index (χ2v) is 8.24. The zero-order valence-corrected chi connectivity index (χ0v) is 19.0. The maximum Gasteiger partial charge on any atom is 0.412 e. The van der Waals surface area contributed by atoms with Crippen LogP contribution in [0.25, 0.3) is 5.88 Å². The molecule has 1 aromatic carbocycles. The minimum absolute atomic E-state index is 0.108. The van der Waals surface area contributed by atoms with Gasteiger partial charge in [0.1, 0.15) is 18.4 Å². The Labute approximate surface area is 192 Å². The third-order valence-corrected chi connectivity index (χ3v) is 5.52. The average molecular weight is 499 g/mol. The summed E-state index contributed by atoms with van der Waals surface area (Å²) in [5, 5.41) is 1.54. The van der Waals surface area contributed by atoms with Gasteiger partial charge in [0.25, 0.3) is 0 Å². The minimum Gasteiger partial charge on any atom is -0.574 e. The van der Waals surface area contributed by atoms with Crippen molar-refractivity contribution in [1.29, 1.82) is 0 Å². The maximum absolute atomic E-state index is 13.6. The number of carbonyl (C=O) groups excluding carboxylic acids is 1. The van der Waals surface area contributed by atoms with Gasteiger partial charge in [0.2, 0.25) is 5.88 Å². The first kappa shape index (κ1) is 24.5. The quantitative estimate of drug-likeness (QED) is 0.289. The summed E-state index contributed by atoms with van der Waals surface area (Å²) in [7, 11) is -1.23. The topological polar surface area (TPSA) is 162 Å². The second-order valence-electron chi connectivity index (χ2n) is 6.35. The van der Waals surface area contributed by atoms with E-state index in [2.05, 4.69) is 20.0 Å².